The van der Waals surface area contributed by atoms with Crippen LogP contribution in [0.25, 0.3) is 0 Å². The van der Waals surface area contributed by atoms with E-state index in [1.54, 1.807) is 19.1 Å². The molecule has 2 rings (SSSR count). The van der Waals surface area contributed by atoms with Crippen LogP contribution in [0.3, 0.4) is 0 Å². The van der Waals surface area contributed by atoms with Gasteiger partial charge in [0.1, 0.15) is 0 Å². The van der Waals surface area contributed by atoms with E-state index in [0.29, 0.717) is 11.3 Å². The number of carbonyl (C=O) groups excluding carboxylic acids is 1. The molecule has 0 heterocycles. The van der Waals surface area contributed by atoms with Crippen LogP contribution in [0, 0.1) is 24.0 Å². The number of hydrazone groups is 1. The molecule has 124 valence electrons. The summed E-state index contributed by atoms with van der Waals surface area (Å²) >= 11 is 0. The molecule has 0 radical (unpaired) electrons. The zero-order chi connectivity index (χ0) is 17.7. The molecule has 1 amide bonds. The van der Waals surface area contributed by atoms with Crippen LogP contribution in [0.2, 0.25) is 0 Å². The highest BCUT2D eigenvalue weighted by Crippen LogP contribution is 2.14. The molecule has 0 aromatic heterocycles. The van der Waals surface area contributed by atoms with Crippen molar-refractivity contribution < 1.29 is 9.72 Å². The predicted octanol–water partition coefficient (Wildman–Crippen LogP) is 3.29. The second kappa shape index (κ2) is 7.50. The van der Waals surface area contributed by atoms with Crippen molar-refractivity contribution in [2.75, 3.05) is 0 Å². The van der Waals surface area contributed by atoms with Crippen LogP contribution < -0.4 is 5.43 Å². The number of nitro benzene ring substituents is 1. The van der Waals surface area contributed by atoms with Crippen LogP contribution >= 0.6 is 0 Å². The third-order valence-electron chi connectivity index (χ3n) is 3.68. The molecule has 2 aromatic rings. The molecule has 2 aromatic carbocycles. The molecule has 6 nitrogen and oxygen atoms in total. The fourth-order valence-electron chi connectivity index (χ4n) is 2.26. The summed E-state index contributed by atoms with van der Waals surface area (Å²) < 4.78 is 0. The topological polar surface area (TPSA) is 84.6 Å². The van der Waals surface area contributed by atoms with Gasteiger partial charge in [-0.25, -0.2) is 5.43 Å². The quantitative estimate of drug-likeness (QED) is 0.520. The van der Waals surface area contributed by atoms with Crippen molar-refractivity contribution in [1.82, 2.24) is 5.43 Å². The van der Waals surface area contributed by atoms with Gasteiger partial charge in [0.05, 0.1) is 17.1 Å². The Morgan fingerprint density at radius 3 is 2.67 bits per heavy atom. The summed E-state index contributed by atoms with van der Waals surface area (Å²) in [5.41, 5.74) is 6.70. The zero-order valence-electron chi connectivity index (χ0n) is 13.9. The van der Waals surface area contributed by atoms with Gasteiger partial charge in [-0.05, 0) is 31.9 Å². The first-order valence-corrected chi connectivity index (χ1v) is 7.51. The maximum atomic E-state index is 12.1. The summed E-state index contributed by atoms with van der Waals surface area (Å²) in [6.07, 6.45) is 0.235. The van der Waals surface area contributed by atoms with E-state index in [2.05, 4.69) is 10.5 Å². The number of rotatable bonds is 5. The van der Waals surface area contributed by atoms with E-state index < -0.39 is 4.92 Å². The Kier molecular flexibility index (Phi) is 5.42. The van der Waals surface area contributed by atoms with Gasteiger partial charge in [0.2, 0.25) is 5.91 Å². The Bertz CT molecular complexity index is 813. The number of nitrogens with one attached hydrogen (secondary N) is 1. The third kappa shape index (κ3) is 4.49. The van der Waals surface area contributed by atoms with E-state index in [-0.39, 0.29) is 18.0 Å². The standard InChI is InChI=1S/C18H19N3O3/c1-12-7-8-13(2)16(9-12)11-18(22)20-19-14(3)15-5-4-6-17(10-15)21(23)24/h4-10H,11H2,1-3H3,(H,20,22)/b19-14-. The molecule has 0 saturated heterocycles. The van der Waals surface area contributed by atoms with Crippen LogP contribution in [0.4, 0.5) is 5.69 Å². The van der Waals surface area contributed by atoms with Gasteiger partial charge in [0.15, 0.2) is 0 Å². The lowest BCUT2D eigenvalue weighted by Gasteiger charge is -2.07. The average Bonchev–Trinajstić information content (AvgIpc) is 2.56. The number of nitro groups is 1. The Labute approximate surface area is 140 Å². The predicted molar refractivity (Wildman–Crippen MR) is 93.1 cm³/mol. The monoisotopic (exact) mass is 325 g/mol. The first-order chi connectivity index (χ1) is 11.4. The normalized spacial score (nSPS) is 11.2. The lowest BCUT2D eigenvalue weighted by atomic mass is 10.0. The summed E-state index contributed by atoms with van der Waals surface area (Å²) in [5, 5.41) is 14.8. The van der Waals surface area contributed by atoms with Crippen LogP contribution in [0.1, 0.15) is 29.2 Å². The molecule has 0 fully saturated rings. The maximum Gasteiger partial charge on any atom is 0.270 e. The first kappa shape index (κ1) is 17.3. The van der Waals surface area contributed by atoms with Crippen molar-refractivity contribution in [1.29, 1.82) is 0 Å². The third-order valence-corrected chi connectivity index (χ3v) is 3.68. The highest BCUT2D eigenvalue weighted by Gasteiger charge is 2.09. The molecule has 0 aliphatic heterocycles. The van der Waals surface area contributed by atoms with Gasteiger partial charge in [-0.2, -0.15) is 5.10 Å². The Morgan fingerprint density at radius 1 is 1.21 bits per heavy atom. The van der Waals surface area contributed by atoms with Crippen LogP contribution in [0.5, 0.6) is 0 Å². The number of benzene rings is 2. The molecule has 1 N–H and O–H groups in total. The smallest absolute Gasteiger partial charge is 0.270 e. The summed E-state index contributed by atoms with van der Waals surface area (Å²) in [7, 11) is 0. The molecule has 0 saturated carbocycles. The molecule has 0 aliphatic rings. The number of hydrogen-bond donors (Lipinski definition) is 1. The van der Waals surface area contributed by atoms with Crippen molar-refractivity contribution >= 4 is 17.3 Å². The van der Waals surface area contributed by atoms with E-state index in [0.717, 1.165) is 16.7 Å². The SMILES string of the molecule is C/C(=N/NC(=O)Cc1cc(C)ccc1C)c1cccc([N+](=O)[O-])c1. The van der Waals surface area contributed by atoms with Crippen molar-refractivity contribution in [2.45, 2.75) is 27.2 Å². The molecular formula is C18H19N3O3. The number of amides is 1. The van der Waals surface area contributed by atoms with Gasteiger partial charge < -0.3 is 0 Å². The second-order valence-corrected chi connectivity index (χ2v) is 5.65. The molecule has 0 atom stereocenters. The first-order valence-electron chi connectivity index (χ1n) is 7.51. The maximum absolute atomic E-state index is 12.1. The average molecular weight is 325 g/mol. The van der Waals surface area contributed by atoms with Gasteiger partial charge >= 0.3 is 0 Å². The molecular weight excluding hydrogens is 306 g/mol. The summed E-state index contributed by atoms with van der Waals surface area (Å²) in [5.74, 6) is -0.228. The van der Waals surface area contributed by atoms with Crippen molar-refractivity contribution in [3.05, 3.63) is 74.8 Å². The Morgan fingerprint density at radius 2 is 1.96 bits per heavy atom. The Balaban J connectivity index is 2.06. The fourth-order valence-corrected chi connectivity index (χ4v) is 2.26. The van der Waals surface area contributed by atoms with E-state index in [9.17, 15) is 14.9 Å². The van der Waals surface area contributed by atoms with Crippen molar-refractivity contribution in [3.8, 4) is 0 Å². The van der Waals surface area contributed by atoms with Crippen LogP contribution in [-0.2, 0) is 11.2 Å². The molecule has 24 heavy (non-hydrogen) atoms. The minimum Gasteiger partial charge on any atom is -0.273 e. The highest BCUT2D eigenvalue weighted by atomic mass is 16.6. The summed E-state index contributed by atoms with van der Waals surface area (Å²) in [6.45, 7) is 5.63. The van der Waals surface area contributed by atoms with Crippen molar-refractivity contribution in [3.63, 3.8) is 0 Å². The van der Waals surface area contributed by atoms with E-state index in [4.69, 9.17) is 0 Å². The van der Waals surface area contributed by atoms with Crippen LogP contribution in [-0.4, -0.2) is 16.5 Å². The van der Waals surface area contributed by atoms with Gasteiger partial charge in [0.25, 0.3) is 5.69 Å². The minimum atomic E-state index is -0.462. The second-order valence-electron chi connectivity index (χ2n) is 5.65. The lowest BCUT2D eigenvalue weighted by Crippen LogP contribution is -2.21. The summed E-state index contributed by atoms with van der Waals surface area (Å²) in [4.78, 5) is 22.4. The number of hydrogen-bond acceptors (Lipinski definition) is 4. The number of non-ortho nitro benzene ring substituents is 1. The molecule has 0 spiro atoms. The molecule has 0 bridgehead atoms. The van der Waals surface area contributed by atoms with Gasteiger partial charge in [-0.15, -0.1) is 0 Å². The highest BCUT2D eigenvalue weighted by molar-refractivity contribution is 5.99. The largest absolute Gasteiger partial charge is 0.273 e. The van der Waals surface area contributed by atoms with Gasteiger partial charge in [-0.3, -0.25) is 14.9 Å². The minimum absolute atomic E-state index is 0.0104. The molecule has 0 unspecified atom stereocenters. The lowest BCUT2D eigenvalue weighted by molar-refractivity contribution is -0.384. The summed E-state index contributed by atoms with van der Waals surface area (Å²) in [6, 6.07) is 12.1. The zero-order valence-corrected chi connectivity index (χ0v) is 13.9. The fraction of sp³-hybridized carbons (Fsp3) is 0.222. The van der Waals surface area contributed by atoms with E-state index in [1.807, 2.05) is 32.0 Å². The van der Waals surface area contributed by atoms with Crippen molar-refractivity contribution in [2.24, 2.45) is 5.10 Å². The number of aryl methyl sites for hydroxylation is 2. The van der Waals surface area contributed by atoms with E-state index in [1.165, 1.54) is 12.1 Å². The van der Waals surface area contributed by atoms with E-state index >= 15 is 0 Å². The molecule has 0 aliphatic carbocycles. The number of carbonyl (C=O) groups is 1. The number of nitrogens with zero attached hydrogens (tertiary/aromatic N) is 2. The molecule has 6 heteroatoms. The van der Waals surface area contributed by atoms with Gasteiger partial charge in [0, 0.05) is 17.7 Å². The Hall–Kier alpha value is -3.02. The van der Waals surface area contributed by atoms with Crippen LogP contribution in [0.15, 0.2) is 47.6 Å². The van der Waals surface area contributed by atoms with Gasteiger partial charge in [-0.1, -0.05) is 35.9 Å².